The largest absolute Gasteiger partial charge is 0.378 e. The van der Waals surface area contributed by atoms with Gasteiger partial charge in [0.05, 0.1) is 0 Å². The molecule has 3 heteroatoms. The zero-order valence-corrected chi connectivity index (χ0v) is 13.7. The molecule has 0 aromatic heterocycles. The molecule has 116 valence electrons. The molecule has 0 radical (unpaired) electrons. The second kappa shape index (κ2) is 6.37. The van der Waals surface area contributed by atoms with Gasteiger partial charge in [-0.05, 0) is 69.4 Å². The number of likely N-dealkylation sites (tertiary alicyclic amines) is 1. The minimum Gasteiger partial charge on any atom is -0.378 e. The van der Waals surface area contributed by atoms with Gasteiger partial charge in [0.1, 0.15) is 0 Å². The molecular formula is C18H29N3. The average Bonchev–Trinajstić information content (AvgIpc) is 3.32. The molecule has 1 aliphatic heterocycles. The molecule has 2 fully saturated rings. The summed E-state index contributed by atoms with van der Waals surface area (Å²) in [6.45, 7) is 2.41. The summed E-state index contributed by atoms with van der Waals surface area (Å²) in [5.41, 5.74) is 2.80. The Bertz CT molecular complexity index is 448. The van der Waals surface area contributed by atoms with Gasteiger partial charge in [-0.3, -0.25) is 4.90 Å². The van der Waals surface area contributed by atoms with Crippen LogP contribution in [0.5, 0.6) is 0 Å². The Labute approximate surface area is 129 Å². The van der Waals surface area contributed by atoms with Crippen LogP contribution in [0.25, 0.3) is 0 Å². The number of benzene rings is 1. The molecular weight excluding hydrogens is 258 g/mol. The molecule has 1 saturated heterocycles. The molecule has 0 spiro atoms. The molecule has 1 aliphatic carbocycles. The van der Waals surface area contributed by atoms with Gasteiger partial charge in [-0.1, -0.05) is 12.1 Å². The van der Waals surface area contributed by atoms with Gasteiger partial charge in [-0.25, -0.2) is 0 Å². The van der Waals surface area contributed by atoms with Gasteiger partial charge in [0.2, 0.25) is 0 Å². The fraction of sp³-hybridized carbons (Fsp3) is 0.667. The maximum atomic E-state index is 3.41. The Kier molecular flexibility index (Phi) is 4.51. The van der Waals surface area contributed by atoms with Crippen molar-refractivity contribution in [2.45, 2.75) is 37.8 Å². The van der Waals surface area contributed by atoms with Crippen molar-refractivity contribution in [3.63, 3.8) is 0 Å². The van der Waals surface area contributed by atoms with Crippen LogP contribution in [0.2, 0.25) is 0 Å². The van der Waals surface area contributed by atoms with Crippen LogP contribution in [0.1, 0.15) is 37.3 Å². The predicted molar refractivity (Wildman–Crippen MR) is 89.9 cm³/mol. The molecule has 1 aromatic carbocycles. The molecule has 1 heterocycles. The Balaban J connectivity index is 1.85. The minimum absolute atomic E-state index is 0.606. The van der Waals surface area contributed by atoms with Crippen LogP contribution in [0.15, 0.2) is 24.3 Å². The first-order valence-electron chi connectivity index (χ1n) is 8.38. The molecule has 0 amide bonds. The summed E-state index contributed by atoms with van der Waals surface area (Å²) in [6.07, 6.45) is 5.51. The van der Waals surface area contributed by atoms with Gasteiger partial charge in [-0.2, -0.15) is 0 Å². The molecule has 1 saturated carbocycles. The number of nitrogens with one attached hydrogen (secondary N) is 1. The first kappa shape index (κ1) is 14.9. The van der Waals surface area contributed by atoms with E-state index in [1.165, 1.54) is 43.5 Å². The van der Waals surface area contributed by atoms with Gasteiger partial charge < -0.3 is 10.2 Å². The maximum Gasteiger partial charge on any atom is 0.0391 e. The van der Waals surface area contributed by atoms with Crippen molar-refractivity contribution in [3.8, 4) is 0 Å². The summed E-state index contributed by atoms with van der Waals surface area (Å²) >= 11 is 0. The summed E-state index contributed by atoms with van der Waals surface area (Å²) < 4.78 is 0. The maximum absolute atomic E-state index is 3.41. The van der Waals surface area contributed by atoms with E-state index < -0.39 is 0 Å². The third-order valence-electron chi connectivity index (χ3n) is 5.03. The van der Waals surface area contributed by atoms with E-state index in [2.05, 4.69) is 60.5 Å². The van der Waals surface area contributed by atoms with E-state index in [0.717, 1.165) is 18.5 Å². The summed E-state index contributed by atoms with van der Waals surface area (Å²) in [5.74, 6) is 0.745. The Morgan fingerprint density at radius 1 is 1.14 bits per heavy atom. The number of piperidine rings is 1. The van der Waals surface area contributed by atoms with E-state index in [-0.39, 0.29) is 0 Å². The average molecular weight is 287 g/mol. The van der Waals surface area contributed by atoms with Gasteiger partial charge in [0.25, 0.3) is 0 Å². The Morgan fingerprint density at radius 2 is 1.86 bits per heavy atom. The molecule has 0 bridgehead atoms. The second-order valence-corrected chi connectivity index (χ2v) is 6.86. The van der Waals surface area contributed by atoms with Crippen LogP contribution in [-0.2, 0) is 0 Å². The molecule has 2 aliphatic rings. The van der Waals surface area contributed by atoms with Crippen LogP contribution in [0.3, 0.4) is 0 Å². The van der Waals surface area contributed by atoms with E-state index in [9.17, 15) is 0 Å². The fourth-order valence-electron chi connectivity index (χ4n) is 3.83. The normalized spacial score (nSPS) is 26.8. The number of hydrogen-bond donors (Lipinski definition) is 1. The SMILES string of the molecule is CNCC1CCCN(C2CC2)C1c1ccc(N(C)C)cc1. The van der Waals surface area contributed by atoms with E-state index in [1.807, 2.05) is 0 Å². The molecule has 2 atom stereocenters. The van der Waals surface area contributed by atoms with Crippen LogP contribution in [0.4, 0.5) is 5.69 Å². The zero-order chi connectivity index (χ0) is 14.8. The van der Waals surface area contributed by atoms with Crippen molar-refractivity contribution in [3.05, 3.63) is 29.8 Å². The first-order chi connectivity index (χ1) is 10.2. The van der Waals surface area contributed by atoms with Crippen molar-refractivity contribution < 1.29 is 0 Å². The van der Waals surface area contributed by atoms with Crippen molar-refractivity contribution in [1.29, 1.82) is 0 Å². The lowest BCUT2D eigenvalue weighted by Gasteiger charge is -2.42. The van der Waals surface area contributed by atoms with Gasteiger partial charge in [-0.15, -0.1) is 0 Å². The Morgan fingerprint density at radius 3 is 2.43 bits per heavy atom. The van der Waals surface area contributed by atoms with Gasteiger partial charge in [0.15, 0.2) is 0 Å². The highest BCUT2D eigenvalue weighted by Gasteiger charge is 2.40. The zero-order valence-electron chi connectivity index (χ0n) is 13.7. The highest BCUT2D eigenvalue weighted by atomic mass is 15.2. The van der Waals surface area contributed by atoms with E-state index in [0.29, 0.717) is 6.04 Å². The van der Waals surface area contributed by atoms with Gasteiger partial charge >= 0.3 is 0 Å². The lowest BCUT2D eigenvalue weighted by atomic mass is 9.84. The van der Waals surface area contributed by atoms with Crippen LogP contribution >= 0.6 is 0 Å². The number of anilines is 1. The molecule has 2 unspecified atom stereocenters. The van der Waals surface area contributed by atoms with E-state index in [4.69, 9.17) is 0 Å². The van der Waals surface area contributed by atoms with Crippen molar-refractivity contribution >= 4 is 5.69 Å². The van der Waals surface area contributed by atoms with Crippen molar-refractivity contribution in [2.24, 2.45) is 5.92 Å². The highest BCUT2D eigenvalue weighted by molar-refractivity contribution is 5.46. The van der Waals surface area contributed by atoms with Crippen molar-refractivity contribution in [1.82, 2.24) is 10.2 Å². The highest BCUT2D eigenvalue weighted by Crippen LogP contribution is 2.42. The van der Waals surface area contributed by atoms with Crippen LogP contribution in [0, 0.1) is 5.92 Å². The quantitative estimate of drug-likeness (QED) is 0.898. The monoisotopic (exact) mass is 287 g/mol. The summed E-state index contributed by atoms with van der Waals surface area (Å²) in [4.78, 5) is 4.96. The van der Waals surface area contributed by atoms with E-state index >= 15 is 0 Å². The van der Waals surface area contributed by atoms with Crippen LogP contribution < -0.4 is 10.2 Å². The number of nitrogens with zero attached hydrogens (tertiary/aromatic N) is 2. The fourth-order valence-corrected chi connectivity index (χ4v) is 3.83. The summed E-state index contributed by atoms with van der Waals surface area (Å²) in [6, 6.07) is 10.7. The molecule has 1 N–H and O–H groups in total. The third-order valence-corrected chi connectivity index (χ3v) is 5.03. The lowest BCUT2D eigenvalue weighted by molar-refractivity contribution is 0.0845. The Hall–Kier alpha value is -1.06. The standard InChI is InChI=1S/C18H29N3/c1-19-13-15-5-4-12-21(17-10-11-17)18(15)14-6-8-16(9-7-14)20(2)3/h6-9,15,17-19H,4-5,10-13H2,1-3H3. The van der Waals surface area contributed by atoms with Crippen molar-refractivity contribution in [2.75, 3.05) is 39.1 Å². The summed E-state index contributed by atoms with van der Waals surface area (Å²) in [5, 5.41) is 3.41. The minimum atomic E-state index is 0.606. The first-order valence-corrected chi connectivity index (χ1v) is 8.38. The van der Waals surface area contributed by atoms with Gasteiger partial charge in [0, 0.05) is 31.9 Å². The van der Waals surface area contributed by atoms with Crippen LogP contribution in [-0.4, -0.2) is 45.2 Å². The molecule has 3 nitrogen and oxygen atoms in total. The number of rotatable bonds is 5. The van der Waals surface area contributed by atoms with E-state index in [1.54, 1.807) is 0 Å². The number of hydrogen-bond acceptors (Lipinski definition) is 3. The molecule has 21 heavy (non-hydrogen) atoms. The smallest absolute Gasteiger partial charge is 0.0391 e. The predicted octanol–water partition coefficient (Wildman–Crippen LogP) is 2.89. The lowest BCUT2D eigenvalue weighted by Crippen LogP contribution is -2.43. The second-order valence-electron chi connectivity index (χ2n) is 6.86. The third kappa shape index (κ3) is 3.24. The topological polar surface area (TPSA) is 18.5 Å². The molecule has 3 rings (SSSR count). The summed E-state index contributed by atoms with van der Waals surface area (Å²) in [7, 11) is 6.30. The molecule has 1 aromatic rings.